The SMILES string of the molecule is COCCNc1nccc(Nc2ccccc2C(F)(F)F)n1. The van der Waals surface area contributed by atoms with Gasteiger partial charge < -0.3 is 15.4 Å². The number of alkyl halides is 3. The fourth-order valence-corrected chi connectivity index (χ4v) is 1.76. The minimum atomic E-state index is -4.43. The summed E-state index contributed by atoms with van der Waals surface area (Å²) in [6, 6.07) is 6.72. The van der Waals surface area contributed by atoms with Gasteiger partial charge in [0, 0.05) is 19.9 Å². The smallest absolute Gasteiger partial charge is 0.383 e. The average Bonchev–Trinajstić information content (AvgIpc) is 2.47. The molecule has 2 aromatic rings. The van der Waals surface area contributed by atoms with Crippen LogP contribution in [0.2, 0.25) is 0 Å². The molecule has 5 nitrogen and oxygen atoms in total. The van der Waals surface area contributed by atoms with E-state index in [1.807, 2.05) is 0 Å². The van der Waals surface area contributed by atoms with Crippen LogP contribution in [0.5, 0.6) is 0 Å². The standard InChI is InChI=1S/C14H15F3N4O/c1-22-9-8-19-13-18-7-6-12(21-13)20-11-5-3-2-4-10(11)14(15,16)17/h2-7H,8-9H2,1H3,(H2,18,19,20,21). The molecule has 0 bridgehead atoms. The van der Waals surface area contributed by atoms with Crippen LogP contribution in [-0.2, 0) is 10.9 Å². The van der Waals surface area contributed by atoms with Crippen molar-refractivity contribution < 1.29 is 17.9 Å². The summed E-state index contributed by atoms with van der Waals surface area (Å²) in [6.45, 7) is 0.969. The normalized spacial score (nSPS) is 11.3. The van der Waals surface area contributed by atoms with E-state index in [9.17, 15) is 13.2 Å². The number of rotatable bonds is 6. The van der Waals surface area contributed by atoms with E-state index in [4.69, 9.17) is 4.74 Å². The van der Waals surface area contributed by atoms with E-state index in [1.54, 1.807) is 7.11 Å². The highest BCUT2D eigenvalue weighted by Crippen LogP contribution is 2.35. The molecule has 118 valence electrons. The lowest BCUT2D eigenvalue weighted by atomic mass is 10.1. The Morgan fingerprint density at radius 1 is 1.18 bits per heavy atom. The van der Waals surface area contributed by atoms with Gasteiger partial charge >= 0.3 is 6.18 Å². The third kappa shape index (κ3) is 4.32. The largest absolute Gasteiger partial charge is 0.418 e. The maximum absolute atomic E-state index is 12.9. The zero-order valence-electron chi connectivity index (χ0n) is 11.8. The van der Waals surface area contributed by atoms with Crippen LogP contribution in [0.1, 0.15) is 5.56 Å². The fraction of sp³-hybridized carbons (Fsp3) is 0.286. The molecule has 0 aliphatic rings. The number of anilines is 3. The van der Waals surface area contributed by atoms with Crippen molar-refractivity contribution in [3.8, 4) is 0 Å². The number of benzene rings is 1. The molecule has 2 rings (SSSR count). The second-order valence-electron chi connectivity index (χ2n) is 4.35. The third-order valence-electron chi connectivity index (χ3n) is 2.74. The number of hydrogen-bond donors (Lipinski definition) is 2. The van der Waals surface area contributed by atoms with Crippen molar-refractivity contribution in [2.45, 2.75) is 6.18 Å². The second-order valence-corrected chi connectivity index (χ2v) is 4.35. The molecule has 0 amide bonds. The molecule has 1 heterocycles. The van der Waals surface area contributed by atoms with Crippen molar-refractivity contribution in [3.05, 3.63) is 42.1 Å². The topological polar surface area (TPSA) is 59.1 Å². The Hall–Kier alpha value is -2.35. The van der Waals surface area contributed by atoms with Crippen molar-refractivity contribution in [2.24, 2.45) is 0 Å². The third-order valence-corrected chi connectivity index (χ3v) is 2.74. The molecule has 22 heavy (non-hydrogen) atoms. The number of nitrogens with one attached hydrogen (secondary N) is 2. The Bertz CT molecular complexity index is 619. The summed E-state index contributed by atoms with van der Waals surface area (Å²) >= 11 is 0. The Balaban J connectivity index is 2.16. The van der Waals surface area contributed by atoms with Crippen LogP contribution in [0, 0.1) is 0 Å². The summed E-state index contributed by atoms with van der Waals surface area (Å²) in [7, 11) is 1.56. The highest BCUT2D eigenvalue weighted by atomic mass is 19.4. The van der Waals surface area contributed by atoms with Gasteiger partial charge in [0.05, 0.1) is 17.9 Å². The molecular weight excluding hydrogens is 297 g/mol. The number of aromatic nitrogens is 2. The first-order chi connectivity index (χ1) is 10.5. The zero-order valence-corrected chi connectivity index (χ0v) is 11.8. The van der Waals surface area contributed by atoms with Gasteiger partial charge in [-0.25, -0.2) is 4.98 Å². The minimum Gasteiger partial charge on any atom is -0.383 e. The minimum absolute atomic E-state index is 0.0588. The lowest BCUT2D eigenvalue weighted by Gasteiger charge is -2.14. The van der Waals surface area contributed by atoms with Gasteiger partial charge in [0.15, 0.2) is 0 Å². The number of nitrogens with zero attached hydrogens (tertiary/aromatic N) is 2. The van der Waals surface area contributed by atoms with Gasteiger partial charge in [0.25, 0.3) is 0 Å². The first kappa shape index (κ1) is 16.0. The van der Waals surface area contributed by atoms with Gasteiger partial charge in [0.2, 0.25) is 5.95 Å². The molecule has 0 unspecified atom stereocenters. The molecule has 0 aliphatic carbocycles. The summed E-state index contributed by atoms with van der Waals surface area (Å²) in [4.78, 5) is 8.09. The van der Waals surface area contributed by atoms with Crippen LogP contribution in [0.4, 0.5) is 30.6 Å². The van der Waals surface area contributed by atoms with Gasteiger partial charge in [-0.3, -0.25) is 0 Å². The quantitative estimate of drug-likeness (QED) is 0.802. The van der Waals surface area contributed by atoms with Crippen LogP contribution in [0.3, 0.4) is 0 Å². The monoisotopic (exact) mass is 312 g/mol. The maximum atomic E-state index is 12.9. The first-order valence-corrected chi connectivity index (χ1v) is 6.50. The molecule has 8 heteroatoms. The predicted molar refractivity (Wildman–Crippen MR) is 77.1 cm³/mol. The van der Waals surface area contributed by atoms with E-state index in [-0.39, 0.29) is 11.5 Å². The summed E-state index contributed by atoms with van der Waals surface area (Å²) in [5.41, 5.74) is -0.806. The highest BCUT2D eigenvalue weighted by Gasteiger charge is 2.33. The van der Waals surface area contributed by atoms with Gasteiger partial charge in [-0.1, -0.05) is 12.1 Å². The van der Waals surface area contributed by atoms with E-state index in [0.717, 1.165) is 6.07 Å². The molecule has 0 radical (unpaired) electrons. The number of halogens is 3. The molecule has 0 atom stereocenters. The zero-order chi connectivity index (χ0) is 16.0. The molecule has 0 saturated carbocycles. The van der Waals surface area contributed by atoms with Gasteiger partial charge in [-0.2, -0.15) is 18.2 Å². The Morgan fingerprint density at radius 3 is 2.68 bits per heavy atom. The van der Waals surface area contributed by atoms with Crippen LogP contribution in [0.25, 0.3) is 0 Å². The van der Waals surface area contributed by atoms with Gasteiger partial charge in [0.1, 0.15) is 5.82 Å². The average molecular weight is 312 g/mol. The van der Waals surface area contributed by atoms with E-state index in [0.29, 0.717) is 19.1 Å². The summed E-state index contributed by atoms with van der Waals surface area (Å²) < 4.78 is 43.7. The number of para-hydroxylation sites is 1. The first-order valence-electron chi connectivity index (χ1n) is 6.50. The molecular formula is C14H15F3N4O. The molecule has 0 saturated heterocycles. The van der Waals surface area contributed by atoms with Crippen molar-refractivity contribution in [3.63, 3.8) is 0 Å². The van der Waals surface area contributed by atoms with Crippen LogP contribution in [0.15, 0.2) is 36.5 Å². The van der Waals surface area contributed by atoms with Crippen molar-refractivity contribution in [1.82, 2.24) is 9.97 Å². The number of ether oxygens (including phenoxy) is 1. The molecule has 1 aromatic heterocycles. The van der Waals surface area contributed by atoms with Gasteiger partial charge in [-0.15, -0.1) is 0 Å². The van der Waals surface area contributed by atoms with Crippen LogP contribution < -0.4 is 10.6 Å². The molecule has 0 aliphatic heterocycles. The van der Waals surface area contributed by atoms with Crippen molar-refractivity contribution in [2.75, 3.05) is 30.9 Å². The Kier molecular flexibility index (Phi) is 5.16. The summed E-state index contributed by atoms with van der Waals surface area (Å²) in [6.07, 6.45) is -2.98. The highest BCUT2D eigenvalue weighted by molar-refractivity contribution is 5.61. The molecule has 0 spiro atoms. The number of hydrogen-bond acceptors (Lipinski definition) is 5. The van der Waals surface area contributed by atoms with E-state index < -0.39 is 11.7 Å². The Morgan fingerprint density at radius 2 is 1.95 bits per heavy atom. The van der Waals surface area contributed by atoms with E-state index in [1.165, 1.54) is 30.5 Å². The lowest BCUT2D eigenvalue weighted by molar-refractivity contribution is -0.136. The second kappa shape index (κ2) is 7.08. The molecule has 1 aromatic carbocycles. The van der Waals surface area contributed by atoms with Crippen molar-refractivity contribution in [1.29, 1.82) is 0 Å². The summed E-state index contributed by atoms with van der Waals surface area (Å²) in [5.74, 6) is 0.582. The molecule has 0 fully saturated rings. The predicted octanol–water partition coefficient (Wildman–Crippen LogP) is 3.30. The van der Waals surface area contributed by atoms with Gasteiger partial charge in [-0.05, 0) is 18.2 Å². The molecule has 2 N–H and O–H groups in total. The lowest BCUT2D eigenvalue weighted by Crippen LogP contribution is -2.11. The maximum Gasteiger partial charge on any atom is 0.418 e. The van der Waals surface area contributed by atoms with Crippen LogP contribution >= 0.6 is 0 Å². The summed E-state index contributed by atoms with van der Waals surface area (Å²) in [5, 5.41) is 5.57. The van der Waals surface area contributed by atoms with E-state index in [2.05, 4.69) is 20.6 Å². The van der Waals surface area contributed by atoms with E-state index >= 15 is 0 Å². The van der Waals surface area contributed by atoms with Crippen LogP contribution in [-0.4, -0.2) is 30.2 Å². The fourth-order valence-electron chi connectivity index (χ4n) is 1.76. The Labute approximate surface area is 125 Å². The van der Waals surface area contributed by atoms with Crippen molar-refractivity contribution >= 4 is 17.5 Å². The number of methoxy groups -OCH3 is 1.